The summed E-state index contributed by atoms with van der Waals surface area (Å²) in [6.45, 7) is 3.25. The van der Waals surface area contributed by atoms with E-state index in [2.05, 4.69) is 10.3 Å². The number of aromatic nitrogens is 1. The summed E-state index contributed by atoms with van der Waals surface area (Å²) in [5.41, 5.74) is -1.89. The second kappa shape index (κ2) is 5.63. The number of halogens is 1. The van der Waals surface area contributed by atoms with Gasteiger partial charge >= 0.3 is 5.69 Å². The molecule has 1 rings (SSSR count). The van der Waals surface area contributed by atoms with Gasteiger partial charge in [0.15, 0.2) is 0 Å². The van der Waals surface area contributed by atoms with Crippen LogP contribution in [0.25, 0.3) is 0 Å². The Labute approximate surface area is 114 Å². The number of carbonyl (C=O) groups is 1. The molecule has 0 spiro atoms. The van der Waals surface area contributed by atoms with Crippen LogP contribution in [0.5, 0.6) is 0 Å². The fraction of sp³-hybridized carbons (Fsp3) is 0.364. The van der Waals surface area contributed by atoms with E-state index < -0.39 is 22.1 Å². The van der Waals surface area contributed by atoms with Gasteiger partial charge in [-0.1, -0.05) is 18.5 Å². The molecule has 0 aliphatic heterocycles. The first-order valence-corrected chi connectivity index (χ1v) is 5.75. The molecule has 1 aromatic rings. The maximum absolute atomic E-state index is 12.0. The number of pyridine rings is 1. The number of hydrogen-bond donors (Lipinski definition) is 1. The van der Waals surface area contributed by atoms with Gasteiger partial charge in [0.05, 0.1) is 11.0 Å². The van der Waals surface area contributed by atoms with Gasteiger partial charge in [-0.3, -0.25) is 14.9 Å². The predicted octanol–water partition coefficient (Wildman–Crippen LogP) is 2.07. The monoisotopic (exact) mass is 282 g/mol. The van der Waals surface area contributed by atoms with E-state index >= 15 is 0 Å². The van der Waals surface area contributed by atoms with Gasteiger partial charge in [0.1, 0.15) is 11.1 Å². The van der Waals surface area contributed by atoms with E-state index in [1.54, 1.807) is 6.92 Å². The van der Waals surface area contributed by atoms with E-state index in [-0.39, 0.29) is 10.7 Å². The molecule has 0 saturated heterocycles. The number of carbonyl (C=O) groups excluding carboxylic acids is 1. The topological polar surface area (TPSA) is 109 Å². The Morgan fingerprint density at radius 1 is 1.74 bits per heavy atom. The fourth-order valence-corrected chi connectivity index (χ4v) is 1.53. The molecule has 0 aromatic carbocycles. The third-order valence-corrected chi connectivity index (χ3v) is 2.93. The fourth-order valence-electron chi connectivity index (χ4n) is 1.30. The van der Waals surface area contributed by atoms with Crippen molar-refractivity contribution < 1.29 is 9.72 Å². The van der Waals surface area contributed by atoms with Crippen molar-refractivity contribution in [3.05, 3.63) is 33.1 Å². The summed E-state index contributed by atoms with van der Waals surface area (Å²) >= 11 is 5.61. The molecule has 0 fully saturated rings. The summed E-state index contributed by atoms with van der Waals surface area (Å²) in [5, 5.41) is 21.9. The Hall–Kier alpha value is -2.20. The molecule has 1 heterocycles. The first-order chi connectivity index (χ1) is 8.84. The Morgan fingerprint density at radius 3 is 2.84 bits per heavy atom. The van der Waals surface area contributed by atoms with Crippen molar-refractivity contribution in [3.8, 4) is 6.07 Å². The van der Waals surface area contributed by atoms with E-state index in [9.17, 15) is 14.9 Å². The largest absolute Gasteiger partial charge is 0.334 e. The summed E-state index contributed by atoms with van der Waals surface area (Å²) < 4.78 is 0. The molecule has 0 radical (unpaired) electrons. The minimum absolute atomic E-state index is 0.222. The number of hydrogen-bond acceptors (Lipinski definition) is 5. The lowest BCUT2D eigenvalue weighted by atomic mass is 10.0. The van der Waals surface area contributed by atoms with Crippen LogP contribution in [0.3, 0.4) is 0 Å². The van der Waals surface area contributed by atoms with Gasteiger partial charge in [-0.15, -0.1) is 0 Å². The molecule has 7 nitrogen and oxygen atoms in total. The highest BCUT2D eigenvalue weighted by molar-refractivity contribution is 6.32. The minimum Gasteiger partial charge on any atom is -0.334 e. The summed E-state index contributed by atoms with van der Waals surface area (Å²) in [6.07, 6.45) is 1.56. The van der Waals surface area contributed by atoms with Crippen LogP contribution in [-0.2, 0) is 0 Å². The molecular formula is C11H11ClN4O3. The quantitative estimate of drug-likeness (QED) is 0.516. The first-order valence-electron chi connectivity index (χ1n) is 5.37. The summed E-state index contributed by atoms with van der Waals surface area (Å²) in [6, 6.07) is 3.13. The Balaban J connectivity index is 3.19. The molecule has 1 atom stereocenters. The van der Waals surface area contributed by atoms with Crippen LogP contribution in [0.1, 0.15) is 30.6 Å². The molecule has 1 N–H and O–H groups in total. The molecular weight excluding hydrogens is 272 g/mol. The van der Waals surface area contributed by atoms with Crippen LogP contribution in [0, 0.1) is 21.4 Å². The number of nitrogens with one attached hydrogen (secondary N) is 1. The predicted molar refractivity (Wildman–Crippen MR) is 67.7 cm³/mol. The summed E-state index contributed by atoms with van der Waals surface area (Å²) in [7, 11) is 0. The van der Waals surface area contributed by atoms with Crippen molar-refractivity contribution >= 4 is 23.2 Å². The number of amides is 1. The molecule has 1 amide bonds. The van der Waals surface area contributed by atoms with Crippen molar-refractivity contribution in [2.75, 3.05) is 0 Å². The lowest BCUT2D eigenvalue weighted by Crippen LogP contribution is -2.44. The number of rotatable bonds is 4. The first kappa shape index (κ1) is 14.9. The van der Waals surface area contributed by atoms with Gasteiger partial charge in [-0.25, -0.2) is 4.98 Å². The smallest absolute Gasteiger partial charge is 0.319 e. The molecule has 0 aliphatic rings. The van der Waals surface area contributed by atoms with Gasteiger partial charge in [-0.05, 0) is 19.4 Å². The van der Waals surface area contributed by atoms with Gasteiger partial charge in [0.25, 0.3) is 5.91 Å². The van der Waals surface area contributed by atoms with Gasteiger partial charge in [0, 0.05) is 6.20 Å². The Kier molecular flexibility index (Phi) is 4.40. The standard InChI is InChI=1S/C11H11ClN4O3/c1-3-11(2,6-13)15-10(17)7-4-5-14-9(12)8(7)16(18)19/h4-5H,3H2,1-2H3,(H,15,17). The van der Waals surface area contributed by atoms with E-state index in [0.717, 1.165) is 0 Å². The molecule has 1 unspecified atom stereocenters. The van der Waals surface area contributed by atoms with Crippen LogP contribution < -0.4 is 5.32 Å². The lowest BCUT2D eigenvalue weighted by molar-refractivity contribution is -0.385. The average molecular weight is 283 g/mol. The van der Waals surface area contributed by atoms with Crippen molar-refractivity contribution in [2.24, 2.45) is 0 Å². The molecule has 1 aromatic heterocycles. The molecule has 8 heteroatoms. The van der Waals surface area contributed by atoms with Crippen LogP contribution in [0.2, 0.25) is 5.15 Å². The van der Waals surface area contributed by atoms with Crippen molar-refractivity contribution in [2.45, 2.75) is 25.8 Å². The zero-order valence-electron chi connectivity index (χ0n) is 10.3. The van der Waals surface area contributed by atoms with E-state index in [0.29, 0.717) is 6.42 Å². The van der Waals surface area contributed by atoms with Crippen LogP contribution in [0.15, 0.2) is 12.3 Å². The molecule has 0 saturated carbocycles. The Bertz CT molecular complexity index is 570. The van der Waals surface area contributed by atoms with Crippen LogP contribution in [-0.4, -0.2) is 21.4 Å². The van der Waals surface area contributed by atoms with Crippen molar-refractivity contribution in [1.29, 1.82) is 5.26 Å². The van der Waals surface area contributed by atoms with E-state index in [1.807, 2.05) is 6.07 Å². The SMILES string of the molecule is CCC(C)(C#N)NC(=O)c1ccnc(Cl)c1[N+](=O)[O-]. The number of nitrogens with zero attached hydrogens (tertiary/aromatic N) is 3. The van der Waals surface area contributed by atoms with Crippen LogP contribution >= 0.6 is 11.6 Å². The van der Waals surface area contributed by atoms with Crippen molar-refractivity contribution in [1.82, 2.24) is 10.3 Å². The van der Waals surface area contributed by atoms with Gasteiger partial charge < -0.3 is 5.32 Å². The molecule has 19 heavy (non-hydrogen) atoms. The zero-order valence-corrected chi connectivity index (χ0v) is 11.1. The van der Waals surface area contributed by atoms with E-state index in [4.69, 9.17) is 16.9 Å². The molecule has 0 bridgehead atoms. The number of nitro groups is 1. The summed E-state index contributed by atoms with van der Waals surface area (Å²) in [4.78, 5) is 25.7. The van der Waals surface area contributed by atoms with Gasteiger partial charge in [-0.2, -0.15) is 5.26 Å². The highest BCUT2D eigenvalue weighted by Gasteiger charge is 2.30. The van der Waals surface area contributed by atoms with Crippen molar-refractivity contribution in [3.63, 3.8) is 0 Å². The van der Waals surface area contributed by atoms with E-state index in [1.165, 1.54) is 19.2 Å². The number of nitriles is 1. The maximum atomic E-state index is 12.0. The highest BCUT2D eigenvalue weighted by atomic mass is 35.5. The third kappa shape index (κ3) is 3.17. The van der Waals surface area contributed by atoms with Crippen LogP contribution in [0.4, 0.5) is 5.69 Å². The minimum atomic E-state index is -1.10. The van der Waals surface area contributed by atoms with Gasteiger partial charge in [0.2, 0.25) is 5.15 Å². The second-order valence-electron chi connectivity index (χ2n) is 4.01. The normalized spacial score (nSPS) is 13.2. The Morgan fingerprint density at radius 2 is 2.37 bits per heavy atom. The zero-order chi connectivity index (χ0) is 14.6. The second-order valence-corrected chi connectivity index (χ2v) is 4.36. The lowest BCUT2D eigenvalue weighted by Gasteiger charge is -2.21. The summed E-state index contributed by atoms with van der Waals surface area (Å²) in [5.74, 6) is -0.734. The average Bonchev–Trinajstić information content (AvgIpc) is 2.37. The maximum Gasteiger partial charge on any atom is 0.319 e. The highest BCUT2D eigenvalue weighted by Crippen LogP contribution is 2.26. The molecule has 100 valence electrons. The molecule has 0 aliphatic carbocycles. The third-order valence-electron chi connectivity index (χ3n) is 2.65.